The van der Waals surface area contributed by atoms with Crippen molar-refractivity contribution in [3.8, 4) is 0 Å². The molecule has 1 aliphatic rings. The van der Waals surface area contributed by atoms with Gasteiger partial charge in [-0.25, -0.2) is 0 Å². The van der Waals surface area contributed by atoms with E-state index in [-0.39, 0.29) is 0 Å². The van der Waals surface area contributed by atoms with E-state index in [1.165, 1.54) is 5.69 Å². The summed E-state index contributed by atoms with van der Waals surface area (Å²) in [4.78, 5) is 4.44. The lowest BCUT2D eigenvalue weighted by Gasteiger charge is -2.37. The monoisotopic (exact) mass is 319 g/mol. The third kappa shape index (κ3) is 3.98. The van der Waals surface area contributed by atoms with Crippen LogP contribution >= 0.6 is 11.6 Å². The first-order chi connectivity index (χ1) is 10.5. The Morgan fingerprint density at radius 1 is 1.23 bits per heavy atom. The molecule has 0 radical (unpaired) electrons. The Bertz CT molecular complexity index is 572. The van der Waals surface area contributed by atoms with Gasteiger partial charge in [0.1, 0.15) is 5.76 Å². The molecule has 2 rings (SSSR count). The first kappa shape index (κ1) is 16.3. The fourth-order valence-corrected chi connectivity index (χ4v) is 2.37. The Morgan fingerprint density at radius 2 is 1.82 bits per heavy atom. The van der Waals surface area contributed by atoms with Crippen molar-refractivity contribution >= 4 is 23.0 Å². The van der Waals surface area contributed by atoms with Crippen molar-refractivity contribution in [3.63, 3.8) is 0 Å². The van der Waals surface area contributed by atoms with Crippen LogP contribution in [0.2, 0.25) is 0 Å². The fraction of sp³-hybridized carbons (Fsp3) is 0.294. The number of halogens is 1. The van der Waals surface area contributed by atoms with Gasteiger partial charge in [-0.05, 0) is 43.8 Å². The second-order valence-electron chi connectivity index (χ2n) is 5.17. The zero-order chi connectivity index (χ0) is 16.1. The first-order valence-electron chi connectivity index (χ1n) is 7.22. The van der Waals surface area contributed by atoms with Crippen molar-refractivity contribution in [3.05, 3.63) is 60.2 Å². The fourth-order valence-electron chi connectivity index (χ4n) is 2.33. The summed E-state index contributed by atoms with van der Waals surface area (Å²) in [6.07, 6.45) is 1.56. The highest BCUT2D eigenvalue weighted by Crippen LogP contribution is 2.21. The van der Waals surface area contributed by atoms with Crippen molar-refractivity contribution in [2.45, 2.75) is 6.92 Å². The Kier molecular flexibility index (Phi) is 5.39. The summed E-state index contributed by atoms with van der Waals surface area (Å²) in [5.74, 6) is 1.23. The van der Waals surface area contributed by atoms with E-state index in [0.717, 1.165) is 31.9 Å². The first-order valence-corrected chi connectivity index (χ1v) is 7.60. The zero-order valence-corrected chi connectivity index (χ0v) is 13.6. The van der Waals surface area contributed by atoms with E-state index in [1.807, 2.05) is 24.3 Å². The van der Waals surface area contributed by atoms with Gasteiger partial charge in [0, 0.05) is 37.6 Å². The molecule has 22 heavy (non-hydrogen) atoms. The van der Waals surface area contributed by atoms with Gasteiger partial charge in [-0.2, -0.15) is 0 Å². The minimum atomic E-state index is 0.502. The molecule has 5 heteroatoms. The molecule has 0 atom stereocenters. The van der Waals surface area contributed by atoms with E-state index in [4.69, 9.17) is 22.1 Å². The summed E-state index contributed by atoms with van der Waals surface area (Å²) in [6.45, 7) is 12.9. The third-order valence-corrected chi connectivity index (χ3v) is 4.10. The Morgan fingerprint density at radius 3 is 2.36 bits per heavy atom. The van der Waals surface area contributed by atoms with Crippen molar-refractivity contribution in [2.24, 2.45) is 0 Å². The van der Waals surface area contributed by atoms with E-state index < -0.39 is 0 Å². The van der Waals surface area contributed by atoms with Gasteiger partial charge in [-0.15, -0.1) is 0 Å². The maximum absolute atomic E-state index is 5.97. The third-order valence-electron chi connectivity index (χ3n) is 3.68. The number of nitrogens with zero attached hydrogens (tertiary/aromatic N) is 2. The minimum absolute atomic E-state index is 0.502. The lowest BCUT2D eigenvalue weighted by atomic mass is 10.2. The summed E-state index contributed by atoms with van der Waals surface area (Å²) in [5.41, 5.74) is 7.69. The molecule has 0 saturated carbocycles. The highest BCUT2D eigenvalue weighted by Gasteiger charge is 2.19. The van der Waals surface area contributed by atoms with Crippen LogP contribution in [0.3, 0.4) is 0 Å². The van der Waals surface area contributed by atoms with Gasteiger partial charge in [0.15, 0.2) is 5.88 Å². The van der Waals surface area contributed by atoms with Gasteiger partial charge in [0.05, 0.1) is 5.03 Å². The van der Waals surface area contributed by atoms with Gasteiger partial charge >= 0.3 is 0 Å². The zero-order valence-electron chi connectivity index (χ0n) is 12.9. The van der Waals surface area contributed by atoms with E-state index in [1.54, 1.807) is 13.0 Å². The van der Waals surface area contributed by atoms with Gasteiger partial charge in [-0.1, -0.05) is 18.2 Å². The molecule has 2 N–H and O–H groups in total. The van der Waals surface area contributed by atoms with Crippen LogP contribution in [0.5, 0.6) is 0 Å². The second-order valence-corrected chi connectivity index (χ2v) is 5.58. The van der Waals surface area contributed by atoms with Crippen LogP contribution in [0.15, 0.2) is 60.2 Å². The van der Waals surface area contributed by atoms with Crippen molar-refractivity contribution < 1.29 is 4.74 Å². The number of allylic oxidation sites excluding steroid dienone is 3. The number of anilines is 2. The van der Waals surface area contributed by atoms with Crippen molar-refractivity contribution in [2.75, 3.05) is 36.8 Å². The standard InChI is InChI=1S/C17H22ClN3O/c1-4-17(18)13(2)22-14(3)20-9-11-21(12-10-20)16-7-5-15(19)6-8-16/h4-8H,1,3,9-12,19H2,2H3/b17-13-. The molecule has 1 saturated heterocycles. The van der Waals surface area contributed by atoms with Gasteiger partial charge in [-0.3, -0.25) is 0 Å². The Labute approximate surface area is 137 Å². The number of ether oxygens (including phenoxy) is 1. The normalized spacial score (nSPS) is 16.1. The predicted molar refractivity (Wildman–Crippen MR) is 93.6 cm³/mol. The van der Waals surface area contributed by atoms with Crippen LogP contribution in [-0.2, 0) is 4.74 Å². The summed E-state index contributed by atoms with van der Waals surface area (Å²) < 4.78 is 5.67. The topological polar surface area (TPSA) is 41.7 Å². The number of nitrogens with two attached hydrogens (primary N) is 1. The van der Waals surface area contributed by atoms with Crippen LogP contribution < -0.4 is 10.6 Å². The highest BCUT2D eigenvalue weighted by atomic mass is 35.5. The summed E-state index contributed by atoms with van der Waals surface area (Å²) in [7, 11) is 0. The largest absolute Gasteiger partial charge is 0.445 e. The minimum Gasteiger partial charge on any atom is -0.445 e. The predicted octanol–water partition coefficient (Wildman–Crippen LogP) is 3.53. The number of rotatable bonds is 5. The van der Waals surface area contributed by atoms with Crippen LogP contribution in [0.25, 0.3) is 0 Å². The number of benzene rings is 1. The molecular weight excluding hydrogens is 298 g/mol. The molecule has 0 aromatic heterocycles. The highest BCUT2D eigenvalue weighted by molar-refractivity contribution is 6.31. The molecule has 1 heterocycles. The van der Waals surface area contributed by atoms with Crippen LogP contribution in [0.4, 0.5) is 11.4 Å². The number of hydrogen-bond acceptors (Lipinski definition) is 4. The number of hydrogen-bond donors (Lipinski definition) is 1. The molecular formula is C17H22ClN3O. The average molecular weight is 320 g/mol. The molecule has 1 aliphatic heterocycles. The van der Waals surface area contributed by atoms with Gasteiger partial charge in [0.2, 0.25) is 0 Å². The van der Waals surface area contributed by atoms with Crippen LogP contribution in [0.1, 0.15) is 6.92 Å². The van der Waals surface area contributed by atoms with Crippen molar-refractivity contribution in [1.29, 1.82) is 0 Å². The number of nitrogen functional groups attached to an aromatic ring is 1. The van der Waals surface area contributed by atoms with Crippen molar-refractivity contribution in [1.82, 2.24) is 4.90 Å². The van der Waals surface area contributed by atoms with E-state index in [0.29, 0.717) is 16.7 Å². The summed E-state index contributed by atoms with van der Waals surface area (Å²) in [5, 5.41) is 0.502. The van der Waals surface area contributed by atoms with Gasteiger partial charge < -0.3 is 20.3 Å². The maximum Gasteiger partial charge on any atom is 0.188 e. The lowest BCUT2D eigenvalue weighted by molar-refractivity contribution is 0.158. The second kappa shape index (κ2) is 7.27. The molecule has 1 aromatic carbocycles. The van der Waals surface area contributed by atoms with Crippen LogP contribution in [-0.4, -0.2) is 31.1 Å². The van der Waals surface area contributed by atoms with E-state index in [9.17, 15) is 0 Å². The summed E-state index contributed by atoms with van der Waals surface area (Å²) in [6, 6.07) is 7.95. The average Bonchev–Trinajstić information content (AvgIpc) is 2.54. The van der Waals surface area contributed by atoms with Crippen LogP contribution in [0, 0.1) is 0 Å². The molecule has 1 aromatic rings. The Balaban J connectivity index is 1.90. The van der Waals surface area contributed by atoms with E-state index >= 15 is 0 Å². The molecule has 4 nitrogen and oxygen atoms in total. The quantitative estimate of drug-likeness (QED) is 0.512. The van der Waals surface area contributed by atoms with Gasteiger partial charge in [0.25, 0.3) is 0 Å². The smallest absolute Gasteiger partial charge is 0.188 e. The Hall–Kier alpha value is -2.07. The maximum atomic E-state index is 5.97. The summed E-state index contributed by atoms with van der Waals surface area (Å²) >= 11 is 5.97. The molecule has 0 aliphatic carbocycles. The molecule has 1 fully saturated rings. The molecule has 0 amide bonds. The molecule has 118 valence electrons. The SMILES string of the molecule is C=C/C(Cl)=C(\C)OC(=C)N1CCN(c2ccc(N)cc2)CC1. The number of piperazine rings is 1. The molecule has 0 spiro atoms. The van der Waals surface area contributed by atoms with E-state index in [2.05, 4.69) is 23.0 Å². The lowest BCUT2D eigenvalue weighted by Crippen LogP contribution is -2.46. The molecule has 0 unspecified atom stereocenters. The molecule has 0 bridgehead atoms.